The number of carbonyl (C=O) groups excluding carboxylic acids is 4. The number of benzene rings is 1. The average Bonchev–Trinajstić information content (AvgIpc) is 2.96. The van der Waals surface area contributed by atoms with E-state index in [9.17, 15) is 23.6 Å². The van der Waals surface area contributed by atoms with Gasteiger partial charge in [-0.15, -0.1) is 0 Å². The van der Waals surface area contributed by atoms with Gasteiger partial charge in [0.15, 0.2) is 0 Å². The lowest BCUT2D eigenvalue weighted by atomic mass is 9.73. The monoisotopic (exact) mass is 445 g/mol. The van der Waals surface area contributed by atoms with Gasteiger partial charge in [-0.05, 0) is 49.3 Å². The van der Waals surface area contributed by atoms with Crippen molar-refractivity contribution in [3.8, 4) is 0 Å². The van der Waals surface area contributed by atoms with Gasteiger partial charge >= 0.3 is 6.03 Å². The van der Waals surface area contributed by atoms with E-state index in [0.717, 1.165) is 0 Å². The molecule has 1 aromatic rings. The average molecular weight is 446 g/mol. The SMILES string of the molecule is CC(=O)CCC(=O)N1CCC(C2(Cc3cccc(F)c3)NC(=O)N(CC(C)C)C2=O)CC1. The molecule has 0 radical (unpaired) electrons. The summed E-state index contributed by atoms with van der Waals surface area (Å²) in [5.74, 6) is -0.819. The van der Waals surface area contributed by atoms with Crippen LogP contribution >= 0.6 is 0 Å². The molecule has 174 valence electrons. The highest BCUT2D eigenvalue weighted by molar-refractivity contribution is 6.07. The van der Waals surface area contributed by atoms with Gasteiger partial charge in [-0.1, -0.05) is 26.0 Å². The van der Waals surface area contributed by atoms with Crippen molar-refractivity contribution in [2.45, 2.75) is 58.4 Å². The molecule has 7 nitrogen and oxygen atoms in total. The van der Waals surface area contributed by atoms with Crippen molar-refractivity contribution in [2.75, 3.05) is 19.6 Å². The summed E-state index contributed by atoms with van der Waals surface area (Å²) in [6.07, 6.45) is 1.70. The molecule has 8 heteroatoms. The number of Topliss-reactive ketones (excluding diaryl/α,β-unsaturated/α-hetero) is 1. The van der Waals surface area contributed by atoms with E-state index in [1.54, 1.807) is 17.0 Å². The number of hydrogen-bond donors (Lipinski definition) is 1. The van der Waals surface area contributed by atoms with Gasteiger partial charge in [0, 0.05) is 38.9 Å². The molecular formula is C24H32FN3O4. The Hall–Kier alpha value is -2.77. The molecular weight excluding hydrogens is 413 g/mol. The molecule has 1 aromatic carbocycles. The molecule has 4 amide bonds. The summed E-state index contributed by atoms with van der Waals surface area (Å²) in [6, 6.07) is 5.69. The summed E-state index contributed by atoms with van der Waals surface area (Å²) in [5, 5.41) is 2.96. The van der Waals surface area contributed by atoms with Crippen LogP contribution < -0.4 is 5.32 Å². The first-order valence-electron chi connectivity index (χ1n) is 11.3. The number of amides is 4. The standard InChI is InChI=1S/C24H32FN3O4/c1-16(2)15-28-22(31)24(26-23(28)32,14-18-5-4-6-20(25)13-18)19-9-11-27(12-10-19)21(30)8-7-17(3)29/h4-6,13,16,19H,7-12,14-15H2,1-3H3,(H,26,32). The lowest BCUT2D eigenvalue weighted by molar-refractivity contribution is -0.137. The van der Waals surface area contributed by atoms with Gasteiger partial charge in [0.2, 0.25) is 5.91 Å². The van der Waals surface area contributed by atoms with Crippen molar-refractivity contribution in [1.82, 2.24) is 15.1 Å². The summed E-state index contributed by atoms with van der Waals surface area (Å²) < 4.78 is 13.8. The number of likely N-dealkylation sites (tertiary alicyclic amines) is 1. The van der Waals surface area contributed by atoms with Crippen LogP contribution in [-0.2, 0) is 20.8 Å². The number of hydrogen-bond acceptors (Lipinski definition) is 4. The summed E-state index contributed by atoms with van der Waals surface area (Å²) in [5.41, 5.74) is -0.515. The first-order chi connectivity index (χ1) is 15.1. The molecule has 2 aliphatic rings. The number of rotatable bonds is 8. The van der Waals surface area contributed by atoms with E-state index in [2.05, 4.69) is 5.32 Å². The maximum atomic E-state index is 13.8. The zero-order valence-electron chi connectivity index (χ0n) is 19.0. The Labute approximate surface area is 188 Å². The fourth-order valence-corrected chi connectivity index (χ4v) is 4.75. The fraction of sp³-hybridized carbons (Fsp3) is 0.583. The van der Waals surface area contributed by atoms with E-state index >= 15 is 0 Å². The Kier molecular flexibility index (Phi) is 7.31. The van der Waals surface area contributed by atoms with E-state index in [-0.39, 0.29) is 54.5 Å². The minimum atomic E-state index is -1.16. The van der Waals surface area contributed by atoms with Crippen molar-refractivity contribution >= 4 is 23.6 Å². The van der Waals surface area contributed by atoms with Crippen LogP contribution in [0.1, 0.15) is 52.0 Å². The van der Waals surface area contributed by atoms with Crippen LogP contribution in [0.5, 0.6) is 0 Å². The summed E-state index contributed by atoms with van der Waals surface area (Å²) in [4.78, 5) is 53.0. The van der Waals surface area contributed by atoms with Gasteiger partial charge in [-0.2, -0.15) is 0 Å². The molecule has 2 heterocycles. The fourth-order valence-electron chi connectivity index (χ4n) is 4.75. The quantitative estimate of drug-likeness (QED) is 0.624. The normalized spacial score (nSPS) is 21.9. The molecule has 32 heavy (non-hydrogen) atoms. The highest BCUT2D eigenvalue weighted by Gasteiger charge is 2.56. The Balaban J connectivity index is 1.81. The second kappa shape index (κ2) is 9.79. The van der Waals surface area contributed by atoms with Crippen LogP contribution in [0.3, 0.4) is 0 Å². The van der Waals surface area contributed by atoms with E-state index in [1.807, 2.05) is 13.8 Å². The molecule has 2 fully saturated rings. The van der Waals surface area contributed by atoms with Crippen LogP contribution in [0.25, 0.3) is 0 Å². The van der Waals surface area contributed by atoms with Gasteiger partial charge in [0.05, 0.1) is 0 Å². The number of nitrogens with zero attached hydrogens (tertiary/aromatic N) is 2. The zero-order valence-corrected chi connectivity index (χ0v) is 19.0. The largest absolute Gasteiger partial charge is 0.343 e. The molecule has 0 aromatic heterocycles. The Morgan fingerprint density at radius 1 is 1.19 bits per heavy atom. The van der Waals surface area contributed by atoms with Crippen LogP contribution in [0.2, 0.25) is 0 Å². The molecule has 2 aliphatic heterocycles. The van der Waals surface area contributed by atoms with Crippen molar-refractivity contribution in [2.24, 2.45) is 11.8 Å². The van der Waals surface area contributed by atoms with E-state index in [1.165, 1.54) is 24.0 Å². The molecule has 0 spiro atoms. The van der Waals surface area contributed by atoms with Crippen molar-refractivity contribution in [1.29, 1.82) is 0 Å². The Morgan fingerprint density at radius 3 is 2.47 bits per heavy atom. The third-order valence-corrected chi connectivity index (χ3v) is 6.36. The van der Waals surface area contributed by atoms with Gasteiger partial charge in [0.1, 0.15) is 17.1 Å². The predicted octanol–water partition coefficient (Wildman–Crippen LogP) is 2.92. The van der Waals surface area contributed by atoms with E-state index in [0.29, 0.717) is 38.0 Å². The maximum absolute atomic E-state index is 13.8. The number of carbonyl (C=O) groups is 4. The molecule has 3 rings (SSSR count). The smallest absolute Gasteiger partial charge is 0.325 e. The van der Waals surface area contributed by atoms with Crippen molar-refractivity contribution < 1.29 is 23.6 Å². The van der Waals surface area contributed by atoms with E-state index in [4.69, 9.17) is 0 Å². The second-order valence-electron chi connectivity index (χ2n) is 9.37. The maximum Gasteiger partial charge on any atom is 0.325 e. The molecule has 1 unspecified atom stereocenters. The molecule has 1 atom stereocenters. The van der Waals surface area contributed by atoms with Gasteiger partial charge in [-0.25, -0.2) is 9.18 Å². The van der Waals surface area contributed by atoms with E-state index < -0.39 is 11.6 Å². The highest BCUT2D eigenvalue weighted by atomic mass is 19.1. The molecule has 0 bridgehead atoms. The number of piperidine rings is 1. The summed E-state index contributed by atoms with van der Waals surface area (Å²) in [6.45, 7) is 6.58. The first kappa shape index (κ1) is 23.9. The minimum absolute atomic E-state index is 0.0215. The topological polar surface area (TPSA) is 86.8 Å². The predicted molar refractivity (Wildman–Crippen MR) is 117 cm³/mol. The minimum Gasteiger partial charge on any atom is -0.343 e. The van der Waals surface area contributed by atoms with Gasteiger partial charge in [-0.3, -0.25) is 14.5 Å². The van der Waals surface area contributed by atoms with Crippen LogP contribution in [0, 0.1) is 17.7 Å². The summed E-state index contributed by atoms with van der Waals surface area (Å²) in [7, 11) is 0. The molecule has 1 N–H and O–H groups in total. The third kappa shape index (κ3) is 5.16. The third-order valence-electron chi connectivity index (χ3n) is 6.36. The number of halogens is 1. The van der Waals surface area contributed by atoms with Crippen molar-refractivity contribution in [3.05, 3.63) is 35.6 Å². The number of ketones is 1. The zero-order chi connectivity index (χ0) is 23.5. The Morgan fingerprint density at radius 2 is 1.88 bits per heavy atom. The molecule has 2 saturated heterocycles. The highest BCUT2D eigenvalue weighted by Crippen LogP contribution is 2.37. The summed E-state index contributed by atoms with van der Waals surface area (Å²) >= 11 is 0. The van der Waals surface area contributed by atoms with Gasteiger partial charge in [0.25, 0.3) is 5.91 Å². The van der Waals surface area contributed by atoms with Crippen molar-refractivity contribution in [3.63, 3.8) is 0 Å². The number of nitrogens with one attached hydrogen (secondary N) is 1. The second-order valence-corrected chi connectivity index (χ2v) is 9.37. The lowest BCUT2D eigenvalue weighted by Crippen LogP contribution is -2.58. The number of urea groups is 1. The van der Waals surface area contributed by atoms with Crippen LogP contribution in [-0.4, -0.2) is 58.6 Å². The van der Waals surface area contributed by atoms with Crippen LogP contribution in [0.4, 0.5) is 9.18 Å². The van der Waals surface area contributed by atoms with Gasteiger partial charge < -0.3 is 15.0 Å². The van der Waals surface area contributed by atoms with Crippen LogP contribution in [0.15, 0.2) is 24.3 Å². The Bertz CT molecular complexity index is 895. The lowest BCUT2D eigenvalue weighted by Gasteiger charge is -2.41. The first-order valence-corrected chi connectivity index (χ1v) is 11.3. The number of imide groups is 1. The molecule has 0 aliphatic carbocycles. The molecule has 0 saturated carbocycles.